The molecule has 3 rings (SSSR count). The van der Waals surface area contributed by atoms with Gasteiger partial charge in [-0.05, 0) is 48.5 Å². The predicted molar refractivity (Wildman–Crippen MR) is 86.8 cm³/mol. The Kier molecular flexibility index (Phi) is 4.49. The molecule has 114 valence electrons. The van der Waals surface area contributed by atoms with Crippen molar-refractivity contribution in [3.63, 3.8) is 0 Å². The molecule has 23 heavy (non-hydrogen) atoms. The number of pyridine rings is 1. The third kappa shape index (κ3) is 4.31. The van der Waals surface area contributed by atoms with Crippen LogP contribution in [-0.4, -0.2) is 11.1 Å². The zero-order valence-corrected chi connectivity index (χ0v) is 12.2. The Bertz CT molecular complexity index is 759. The van der Waals surface area contributed by atoms with E-state index in [9.17, 15) is 4.79 Å². The number of hydrogen-bond donors (Lipinski definition) is 1. The number of aromatic nitrogens is 1. The quantitative estimate of drug-likeness (QED) is 0.771. The summed E-state index contributed by atoms with van der Waals surface area (Å²) in [5.41, 5.74) is 0.615. The maximum atomic E-state index is 11.8. The minimum atomic E-state index is -0.544. The van der Waals surface area contributed by atoms with Crippen molar-refractivity contribution in [2.24, 2.45) is 0 Å². The Morgan fingerprint density at radius 2 is 1.57 bits per heavy atom. The molecule has 0 aliphatic rings. The summed E-state index contributed by atoms with van der Waals surface area (Å²) < 4.78 is 10.8. The third-order valence-corrected chi connectivity index (χ3v) is 2.92. The highest BCUT2D eigenvalue weighted by Crippen LogP contribution is 2.22. The van der Waals surface area contributed by atoms with E-state index in [1.807, 2.05) is 12.1 Å². The normalized spacial score (nSPS) is 9.91. The van der Waals surface area contributed by atoms with Gasteiger partial charge in [-0.3, -0.25) is 10.3 Å². The van der Waals surface area contributed by atoms with Crippen molar-refractivity contribution in [1.29, 1.82) is 0 Å². The lowest BCUT2D eigenvalue weighted by Gasteiger charge is -2.08. The second kappa shape index (κ2) is 7.09. The lowest BCUT2D eigenvalue weighted by molar-refractivity contribution is 0.215. The number of carbonyl (C=O) groups excluding carboxylic acids is 1. The summed E-state index contributed by atoms with van der Waals surface area (Å²) in [6, 6.07) is 19.5. The summed E-state index contributed by atoms with van der Waals surface area (Å²) in [5, 5.41) is 2.65. The molecule has 1 N–H and O–H groups in total. The molecule has 1 amide bonds. The van der Waals surface area contributed by atoms with Crippen LogP contribution < -0.4 is 14.8 Å². The molecule has 0 fully saturated rings. The Balaban J connectivity index is 1.58. The van der Waals surface area contributed by atoms with Crippen molar-refractivity contribution in [2.75, 3.05) is 5.32 Å². The van der Waals surface area contributed by atoms with Crippen LogP contribution in [0.4, 0.5) is 10.5 Å². The third-order valence-electron chi connectivity index (χ3n) is 2.92. The molecule has 3 aromatic rings. The van der Waals surface area contributed by atoms with Crippen LogP contribution in [0.3, 0.4) is 0 Å². The van der Waals surface area contributed by atoms with Crippen LogP contribution >= 0.6 is 0 Å². The Morgan fingerprint density at radius 1 is 0.826 bits per heavy atom. The molecule has 0 saturated heterocycles. The number of para-hydroxylation sites is 1. The van der Waals surface area contributed by atoms with Crippen molar-refractivity contribution in [3.05, 3.63) is 79.1 Å². The minimum absolute atomic E-state index is 0.488. The number of amides is 1. The van der Waals surface area contributed by atoms with Crippen molar-refractivity contribution < 1.29 is 14.3 Å². The molecule has 1 aromatic heterocycles. The van der Waals surface area contributed by atoms with Gasteiger partial charge in [-0.25, -0.2) is 4.79 Å². The van der Waals surface area contributed by atoms with E-state index in [1.165, 1.54) is 0 Å². The molecule has 1 heterocycles. The number of ether oxygens (including phenoxy) is 2. The first kappa shape index (κ1) is 14.6. The zero-order chi connectivity index (χ0) is 15.9. The van der Waals surface area contributed by atoms with E-state index in [1.54, 1.807) is 67.0 Å². The van der Waals surface area contributed by atoms with Gasteiger partial charge in [0.05, 0.1) is 6.20 Å². The van der Waals surface area contributed by atoms with Crippen LogP contribution in [0.5, 0.6) is 17.2 Å². The number of anilines is 1. The van der Waals surface area contributed by atoms with Crippen LogP contribution in [0.1, 0.15) is 0 Å². The topological polar surface area (TPSA) is 60.5 Å². The number of carbonyl (C=O) groups is 1. The van der Waals surface area contributed by atoms with Crippen molar-refractivity contribution >= 4 is 11.8 Å². The average Bonchev–Trinajstić information content (AvgIpc) is 2.58. The van der Waals surface area contributed by atoms with Crippen LogP contribution in [0.25, 0.3) is 0 Å². The smallest absolute Gasteiger partial charge is 0.417 e. The van der Waals surface area contributed by atoms with Gasteiger partial charge in [0, 0.05) is 11.9 Å². The highest BCUT2D eigenvalue weighted by Gasteiger charge is 2.05. The molecular weight excluding hydrogens is 292 g/mol. The van der Waals surface area contributed by atoms with Crippen LogP contribution in [0, 0.1) is 0 Å². The highest BCUT2D eigenvalue weighted by atomic mass is 16.6. The second-order valence-corrected chi connectivity index (χ2v) is 4.64. The Morgan fingerprint density at radius 3 is 2.26 bits per heavy atom. The van der Waals surface area contributed by atoms with E-state index in [0.717, 1.165) is 0 Å². The van der Waals surface area contributed by atoms with E-state index in [4.69, 9.17) is 9.47 Å². The fourth-order valence-electron chi connectivity index (χ4n) is 1.89. The predicted octanol–water partition coefficient (Wildman–Crippen LogP) is 4.48. The monoisotopic (exact) mass is 306 g/mol. The van der Waals surface area contributed by atoms with Gasteiger partial charge in [0.15, 0.2) is 0 Å². The van der Waals surface area contributed by atoms with E-state index in [2.05, 4.69) is 10.3 Å². The molecular formula is C18H14N2O3. The lowest BCUT2D eigenvalue weighted by atomic mass is 10.3. The summed E-state index contributed by atoms with van der Waals surface area (Å²) in [5.74, 6) is 1.79. The molecule has 0 aliphatic heterocycles. The molecule has 0 atom stereocenters. The largest absolute Gasteiger partial charge is 0.456 e. The van der Waals surface area contributed by atoms with E-state index >= 15 is 0 Å². The fourth-order valence-corrected chi connectivity index (χ4v) is 1.89. The molecule has 2 aromatic carbocycles. The second-order valence-electron chi connectivity index (χ2n) is 4.64. The van der Waals surface area contributed by atoms with E-state index in [-0.39, 0.29) is 0 Å². The Labute approximate surface area is 133 Å². The van der Waals surface area contributed by atoms with Crippen molar-refractivity contribution in [1.82, 2.24) is 4.98 Å². The van der Waals surface area contributed by atoms with Crippen molar-refractivity contribution in [2.45, 2.75) is 0 Å². The molecule has 0 aliphatic carbocycles. The number of nitrogens with zero attached hydrogens (tertiary/aromatic N) is 1. The van der Waals surface area contributed by atoms with E-state index in [0.29, 0.717) is 22.9 Å². The van der Waals surface area contributed by atoms with E-state index < -0.39 is 6.09 Å². The summed E-state index contributed by atoms with van der Waals surface area (Å²) >= 11 is 0. The molecule has 5 heteroatoms. The number of hydrogen-bond acceptors (Lipinski definition) is 4. The van der Waals surface area contributed by atoms with Gasteiger partial charge >= 0.3 is 6.09 Å². The molecule has 0 unspecified atom stereocenters. The number of rotatable bonds is 4. The summed E-state index contributed by atoms with van der Waals surface area (Å²) in [4.78, 5) is 15.8. The first-order valence-corrected chi connectivity index (χ1v) is 7.01. The summed E-state index contributed by atoms with van der Waals surface area (Å²) in [6.07, 6.45) is 2.76. The SMILES string of the molecule is O=C(Nc1ccc(Oc2cccnc2)cc1)Oc1ccccc1. The molecule has 0 radical (unpaired) electrons. The van der Waals surface area contributed by atoms with Gasteiger partial charge in [-0.15, -0.1) is 0 Å². The van der Waals surface area contributed by atoms with Crippen molar-refractivity contribution in [3.8, 4) is 17.2 Å². The van der Waals surface area contributed by atoms with Gasteiger partial charge in [0.2, 0.25) is 0 Å². The highest BCUT2D eigenvalue weighted by molar-refractivity contribution is 5.86. The lowest BCUT2D eigenvalue weighted by Crippen LogP contribution is -2.16. The fraction of sp³-hybridized carbons (Fsp3) is 0. The molecule has 0 saturated carbocycles. The molecule has 0 spiro atoms. The van der Waals surface area contributed by atoms with Gasteiger partial charge < -0.3 is 9.47 Å². The standard InChI is InChI=1S/C18H14N2O3/c21-18(23-15-5-2-1-3-6-15)20-14-8-10-16(11-9-14)22-17-7-4-12-19-13-17/h1-13H,(H,20,21). The van der Waals surface area contributed by atoms with Crippen LogP contribution in [-0.2, 0) is 0 Å². The Hall–Kier alpha value is -3.34. The summed E-state index contributed by atoms with van der Waals surface area (Å²) in [7, 11) is 0. The first-order chi connectivity index (χ1) is 11.3. The maximum Gasteiger partial charge on any atom is 0.417 e. The van der Waals surface area contributed by atoms with Gasteiger partial charge in [-0.1, -0.05) is 18.2 Å². The molecule has 5 nitrogen and oxygen atoms in total. The average molecular weight is 306 g/mol. The number of benzene rings is 2. The summed E-state index contributed by atoms with van der Waals surface area (Å²) in [6.45, 7) is 0. The zero-order valence-electron chi connectivity index (χ0n) is 12.2. The van der Waals surface area contributed by atoms with Gasteiger partial charge in [0.25, 0.3) is 0 Å². The number of nitrogens with one attached hydrogen (secondary N) is 1. The minimum Gasteiger partial charge on any atom is -0.456 e. The maximum absolute atomic E-state index is 11.8. The van der Waals surface area contributed by atoms with Gasteiger partial charge in [-0.2, -0.15) is 0 Å². The van der Waals surface area contributed by atoms with Gasteiger partial charge in [0.1, 0.15) is 17.2 Å². The first-order valence-electron chi connectivity index (χ1n) is 7.01. The molecule has 0 bridgehead atoms. The van der Waals surface area contributed by atoms with Crippen LogP contribution in [0.15, 0.2) is 79.1 Å². The van der Waals surface area contributed by atoms with Crippen LogP contribution in [0.2, 0.25) is 0 Å².